The number of aromatic nitrogens is 1. The third-order valence-electron chi connectivity index (χ3n) is 1.87. The van der Waals surface area contributed by atoms with Crippen molar-refractivity contribution in [3.63, 3.8) is 0 Å². The Morgan fingerprint density at radius 1 is 1.29 bits per heavy atom. The highest BCUT2D eigenvalue weighted by atomic mass is 35.5. The maximum atomic E-state index is 5.86. The average molecular weight is 228 g/mol. The van der Waals surface area contributed by atoms with Crippen LogP contribution in [-0.2, 0) is 0 Å². The van der Waals surface area contributed by atoms with Crippen molar-refractivity contribution >= 4 is 23.2 Å². The Morgan fingerprint density at radius 2 is 2.07 bits per heavy atom. The Labute approximate surface area is 91.5 Å². The van der Waals surface area contributed by atoms with Crippen LogP contribution in [-0.4, -0.2) is 4.98 Å². The lowest BCUT2D eigenvalue weighted by Gasteiger charge is -1.97. The predicted molar refractivity (Wildman–Crippen MR) is 56.7 cm³/mol. The molecule has 0 aliphatic rings. The molecule has 0 fully saturated rings. The first-order valence-corrected chi connectivity index (χ1v) is 4.81. The molecule has 0 N–H and O–H groups in total. The number of rotatable bonds is 1. The standard InChI is InChI=1S/C10H7Cl2NO/c1-6-9(13-10(12)14-6)7-3-2-4-8(11)5-7/h2-5H,1H3. The van der Waals surface area contributed by atoms with E-state index in [9.17, 15) is 0 Å². The molecule has 1 aromatic carbocycles. The molecular formula is C10H7Cl2NO. The molecule has 0 unspecified atom stereocenters. The van der Waals surface area contributed by atoms with Gasteiger partial charge in [-0.15, -0.1) is 0 Å². The van der Waals surface area contributed by atoms with E-state index in [2.05, 4.69) is 4.98 Å². The first-order chi connectivity index (χ1) is 6.66. The van der Waals surface area contributed by atoms with Crippen molar-refractivity contribution in [2.24, 2.45) is 0 Å². The number of oxazole rings is 1. The van der Waals surface area contributed by atoms with E-state index in [4.69, 9.17) is 27.6 Å². The molecule has 2 aromatic rings. The van der Waals surface area contributed by atoms with E-state index in [0.717, 1.165) is 11.3 Å². The van der Waals surface area contributed by atoms with Crippen molar-refractivity contribution in [2.75, 3.05) is 0 Å². The van der Waals surface area contributed by atoms with Gasteiger partial charge in [0, 0.05) is 10.6 Å². The molecule has 0 amide bonds. The van der Waals surface area contributed by atoms with Gasteiger partial charge in [0.05, 0.1) is 0 Å². The van der Waals surface area contributed by atoms with Crippen LogP contribution in [0, 0.1) is 6.92 Å². The Kier molecular flexibility index (Phi) is 2.48. The van der Waals surface area contributed by atoms with Gasteiger partial charge in [-0.2, -0.15) is 4.98 Å². The lowest BCUT2D eigenvalue weighted by molar-refractivity contribution is 0.530. The monoisotopic (exact) mass is 227 g/mol. The molecule has 0 spiro atoms. The van der Waals surface area contributed by atoms with Crippen LogP contribution in [0.2, 0.25) is 10.4 Å². The van der Waals surface area contributed by atoms with Crippen molar-refractivity contribution < 1.29 is 4.42 Å². The van der Waals surface area contributed by atoms with E-state index in [-0.39, 0.29) is 5.35 Å². The van der Waals surface area contributed by atoms with E-state index < -0.39 is 0 Å². The predicted octanol–water partition coefficient (Wildman–Crippen LogP) is 3.96. The molecule has 0 saturated carbocycles. The molecule has 0 saturated heterocycles. The van der Waals surface area contributed by atoms with Crippen LogP contribution in [0.1, 0.15) is 5.76 Å². The molecular weight excluding hydrogens is 221 g/mol. The summed E-state index contributed by atoms with van der Waals surface area (Å²) in [5, 5.41) is 0.818. The van der Waals surface area contributed by atoms with E-state index in [1.807, 2.05) is 31.2 Å². The van der Waals surface area contributed by atoms with E-state index in [1.54, 1.807) is 0 Å². The molecule has 14 heavy (non-hydrogen) atoms. The van der Waals surface area contributed by atoms with Crippen LogP contribution in [0.4, 0.5) is 0 Å². The molecule has 1 aromatic heterocycles. The lowest BCUT2D eigenvalue weighted by atomic mass is 10.1. The second-order valence-corrected chi connectivity index (χ2v) is 3.64. The van der Waals surface area contributed by atoms with Crippen molar-refractivity contribution in [3.8, 4) is 11.3 Å². The number of halogens is 2. The second-order valence-electron chi connectivity index (χ2n) is 2.88. The van der Waals surface area contributed by atoms with Crippen molar-refractivity contribution in [1.29, 1.82) is 0 Å². The quantitative estimate of drug-likeness (QED) is 0.738. The Hall–Kier alpha value is -0.990. The number of nitrogens with zero attached hydrogens (tertiary/aromatic N) is 1. The largest absolute Gasteiger partial charge is 0.432 e. The molecule has 0 aliphatic carbocycles. The maximum Gasteiger partial charge on any atom is 0.292 e. The van der Waals surface area contributed by atoms with Crippen LogP contribution in [0.15, 0.2) is 28.7 Å². The van der Waals surface area contributed by atoms with Crippen LogP contribution >= 0.6 is 23.2 Å². The third kappa shape index (κ3) is 1.76. The lowest BCUT2D eigenvalue weighted by Crippen LogP contribution is -1.79. The summed E-state index contributed by atoms with van der Waals surface area (Å²) in [6.45, 7) is 1.81. The fraction of sp³-hybridized carbons (Fsp3) is 0.100. The summed E-state index contributed by atoms with van der Waals surface area (Å²) in [5.74, 6) is 0.692. The van der Waals surface area contributed by atoms with Crippen LogP contribution < -0.4 is 0 Å². The van der Waals surface area contributed by atoms with Crippen LogP contribution in [0.25, 0.3) is 11.3 Å². The second kappa shape index (κ2) is 3.64. The fourth-order valence-electron chi connectivity index (χ4n) is 1.27. The van der Waals surface area contributed by atoms with E-state index in [1.165, 1.54) is 0 Å². The Morgan fingerprint density at radius 3 is 2.64 bits per heavy atom. The molecule has 1 heterocycles. The van der Waals surface area contributed by atoms with E-state index >= 15 is 0 Å². The Bertz CT molecular complexity index is 465. The SMILES string of the molecule is Cc1oc(Cl)nc1-c1cccc(Cl)c1. The van der Waals surface area contributed by atoms with E-state index in [0.29, 0.717) is 10.8 Å². The van der Waals surface area contributed by atoms with Crippen LogP contribution in [0.5, 0.6) is 0 Å². The highest BCUT2D eigenvalue weighted by Gasteiger charge is 2.09. The van der Waals surface area contributed by atoms with Gasteiger partial charge in [0.2, 0.25) is 0 Å². The first kappa shape index (κ1) is 9.56. The summed E-state index contributed by atoms with van der Waals surface area (Å²) in [6, 6.07) is 7.40. The first-order valence-electron chi connectivity index (χ1n) is 4.05. The smallest absolute Gasteiger partial charge is 0.292 e. The van der Waals surface area contributed by atoms with Gasteiger partial charge >= 0.3 is 0 Å². The third-order valence-corrected chi connectivity index (χ3v) is 2.27. The minimum absolute atomic E-state index is 0.150. The van der Waals surface area contributed by atoms with Crippen molar-refractivity contribution in [3.05, 3.63) is 40.4 Å². The minimum Gasteiger partial charge on any atom is -0.432 e. The van der Waals surface area contributed by atoms with Gasteiger partial charge in [-0.3, -0.25) is 0 Å². The number of aryl methyl sites for hydroxylation is 1. The summed E-state index contributed by atoms with van der Waals surface area (Å²) in [6.07, 6.45) is 0. The molecule has 0 bridgehead atoms. The zero-order valence-corrected chi connectivity index (χ0v) is 8.93. The summed E-state index contributed by atoms with van der Waals surface area (Å²) in [5.41, 5.74) is 1.64. The zero-order chi connectivity index (χ0) is 10.1. The highest BCUT2D eigenvalue weighted by Crippen LogP contribution is 2.26. The minimum atomic E-state index is 0.150. The number of hydrogen-bond acceptors (Lipinski definition) is 2. The maximum absolute atomic E-state index is 5.86. The van der Waals surface area contributed by atoms with Crippen LogP contribution in [0.3, 0.4) is 0 Å². The molecule has 72 valence electrons. The van der Waals surface area contributed by atoms with Crippen molar-refractivity contribution in [1.82, 2.24) is 4.98 Å². The molecule has 4 heteroatoms. The molecule has 0 aliphatic heterocycles. The summed E-state index contributed by atoms with van der Waals surface area (Å²) in [4.78, 5) is 4.06. The van der Waals surface area contributed by atoms with Gasteiger partial charge in [-0.05, 0) is 30.7 Å². The topological polar surface area (TPSA) is 26.0 Å². The highest BCUT2D eigenvalue weighted by molar-refractivity contribution is 6.30. The molecule has 0 radical (unpaired) electrons. The number of hydrogen-bond donors (Lipinski definition) is 0. The summed E-state index contributed by atoms with van der Waals surface area (Å²) in [7, 11) is 0. The fourth-order valence-corrected chi connectivity index (χ4v) is 1.66. The average Bonchev–Trinajstić information content (AvgIpc) is 2.45. The molecule has 0 atom stereocenters. The van der Waals surface area contributed by atoms with Crippen molar-refractivity contribution in [2.45, 2.75) is 6.92 Å². The normalized spacial score (nSPS) is 10.5. The molecule has 2 rings (SSSR count). The summed E-state index contributed by atoms with van der Waals surface area (Å²) >= 11 is 11.5. The zero-order valence-electron chi connectivity index (χ0n) is 7.42. The van der Waals surface area contributed by atoms with Gasteiger partial charge in [0.15, 0.2) is 0 Å². The van der Waals surface area contributed by atoms with Gasteiger partial charge in [-0.25, -0.2) is 0 Å². The van der Waals surface area contributed by atoms with Gasteiger partial charge in [0.25, 0.3) is 5.35 Å². The van der Waals surface area contributed by atoms with Gasteiger partial charge < -0.3 is 4.42 Å². The molecule has 2 nitrogen and oxygen atoms in total. The van der Waals surface area contributed by atoms with Gasteiger partial charge in [-0.1, -0.05) is 23.7 Å². The summed E-state index contributed by atoms with van der Waals surface area (Å²) < 4.78 is 5.12. The van der Waals surface area contributed by atoms with Gasteiger partial charge in [0.1, 0.15) is 11.5 Å². The number of benzene rings is 1. The Balaban J connectivity index is 2.54.